The van der Waals surface area contributed by atoms with Crippen LogP contribution >= 0.6 is 0 Å². The van der Waals surface area contributed by atoms with E-state index in [4.69, 9.17) is 4.84 Å². The first kappa shape index (κ1) is 12.4. The molecule has 0 atom stereocenters. The summed E-state index contributed by atoms with van der Waals surface area (Å²) in [6, 6.07) is 2.17. The molecule has 0 N–H and O–H groups in total. The quantitative estimate of drug-likeness (QED) is 0.815. The molecule has 0 bridgehead atoms. The highest BCUT2D eigenvalue weighted by Crippen LogP contribution is 2.21. The normalized spacial score (nSPS) is 18.2. The lowest BCUT2D eigenvalue weighted by molar-refractivity contribution is -0.108. The highest BCUT2D eigenvalue weighted by molar-refractivity contribution is 7.89. The lowest BCUT2D eigenvalue weighted by Gasteiger charge is -2.25. The first-order chi connectivity index (χ1) is 8.00. The van der Waals surface area contributed by atoms with Crippen LogP contribution in [0.2, 0.25) is 0 Å². The van der Waals surface area contributed by atoms with E-state index in [1.807, 2.05) is 0 Å². The largest absolute Gasteiger partial charge is 0.284 e. The number of hydroxylamine groups is 1. The SMILES string of the molecule is O=S(=O)(c1cc(F)cc(F)c1)N1CCCCO1. The van der Waals surface area contributed by atoms with Gasteiger partial charge in [0.2, 0.25) is 0 Å². The summed E-state index contributed by atoms with van der Waals surface area (Å²) in [5.74, 6) is -1.86. The fourth-order valence-electron chi connectivity index (χ4n) is 1.56. The van der Waals surface area contributed by atoms with Crippen molar-refractivity contribution in [2.75, 3.05) is 13.2 Å². The zero-order valence-electron chi connectivity index (χ0n) is 8.90. The average molecular weight is 263 g/mol. The van der Waals surface area contributed by atoms with Gasteiger partial charge in [-0.05, 0) is 25.0 Å². The molecule has 1 aliphatic heterocycles. The fraction of sp³-hybridized carbons (Fsp3) is 0.400. The Kier molecular flexibility index (Phi) is 3.41. The van der Waals surface area contributed by atoms with Crippen LogP contribution in [0.4, 0.5) is 8.78 Å². The zero-order valence-corrected chi connectivity index (χ0v) is 9.71. The fourth-order valence-corrected chi connectivity index (χ4v) is 2.90. The second kappa shape index (κ2) is 4.67. The molecular formula is C10H11F2NO3S. The van der Waals surface area contributed by atoms with Crippen molar-refractivity contribution in [3.05, 3.63) is 29.8 Å². The Morgan fingerprint density at radius 2 is 1.76 bits per heavy atom. The number of nitrogens with zero attached hydrogens (tertiary/aromatic N) is 1. The van der Waals surface area contributed by atoms with Crippen LogP contribution in [-0.4, -0.2) is 26.0 Å². The summed E-state index contributed by atoms with van der Waals surface area (Å²) < 4.78 is 50.6. The van der Waals surface area contributed by atoms with Crippen molar-refractivity contribution in [2.24, 2.45) is 0 Å². The average Bonchev–Trinajstić information content (AvgIpc) is 2.29. The van der Waals surface area contributed by atoms with Gasteiger partial charge in [0.15, 0.2) is 0 Å². The number of hydrogen-bond donors (Lipinski definition) is 0. The van der Waals surface area contributed by atoms with Crippen LogP contribution in [0.3, 0.4) is 0 Å². The third-order valence-electron chi connectivity index (χ3n) is 2.37. The Labute approximate surface area is 97.8 Å². The van der Waals surface area contributed by atoms with E-state index in [1.54, 1.807) is 0 Å². The number of halogens is 2. The zero-order chi connectivity index (χ0) is 12.5. The molecule has 0 aliphatic carbocycles. The molecule has 1 aliphatic rings. The van der Waals surface area contributed by atoms with Gasteiger partial charge in [-0.15, -0.1) is 0 Å². The van der Waals surface area contributed by atoms with E-state index in [0.717, 1.165) is 23.0 Å². The van der Waals surface area contributed by atoms with Crippen molar-refractivity contribution in [3.63, 3.8) is 0 Å². The highest BCUT2D eigenvalue weighted by Gasteiger charge is 2.28. The Hall–Kier alpha value is -1.05. The Morgan fingerprint density at radius 3 is 2.29 bits per heavy atom. The molecule has 4 nitrogen and oxygen atoms in total. The van der Waals surface area contributed by atoms with Crippen molar-refractivity contribution in [3.8, 4) is 0 Å². The standard InChI is InChI=1S/C10H11F2NO3S/c11-8-5-9(12)7-10(6-8)17(14,15)13-3-1-2-4-16-13/h5-7H,1-4H2. The summed E-state index contributed by atoms with van der Waals surface area (Å²) in [5.41, 5.74) is 0. The van der Waals surface area contributed by atoms with Gasteiger partial charge in [0.1, 0.15) is 11.6 Å². The van der Waals surface area contributed by atoms with Gasteiger partial charge in [0, 0.05) is 12.6 Å². The van der Waals surface area contributed by atoms with E-state index in [9.17, 15) is 17.2 Å². The lowest BCUT2D eigenvalue weighted by atomic mass is 10.3. The molecule has 0 radical (unpaired) electrons. The molecule has 1 fully saturated rings. The number of rotatable bonds is 2. The lowest BCUT2D eigenvalue weighted by Crippen LogP contribution is -2.35. The van der Waals surface area contributed by atoms with Gasteiger partial charge < -0.3 is 0 Å². The second-order valence-electron chi connectivity index (χ2n) is 3.68. The Balaban J connectivity index is 2.36. The summed E-state index contributed by atoms with van der Waals surface area (Å²) >= 11 is 0. The molecule has 0 spiro atoms. The van der Waals surface area contributed by atoms with Gasteiger partial charge in [-0.1, -0.05) is 4.47 Å². The maximum absolute atomic E-state index is 13.0. The molecule has 1 aromatic carbocycles. The van der Waals surface area contributed by atoms with Crippen LogP contribution in [0.1, 0.15) is 12.8 Å². The molecule has 2 rings (SSSR count). The van der Waals surface area contributed by atoms with E-state index < -0.39 is 26.6 Å². The molecule has 7 heteroatoms. The minimum Gasteiger partial charge on any atom is -0.284 e. The molecule has 1 aromatic rings. The van der Waals surface area contributed by atoms with Crippen LogP contribution in [0, 0.1) is 11.6 Å². The third-order valence-corrected chi connectivity index (χ3v) is 4.03. The van der Waals surface area contributed by atoms with Gasteiger partial charge in [-0.3, -0.25) is 4.84 Å². The monoisotopic (exact) mass is 263 g/mol. The van der Waals surface area contributed by atoms with Gasteiger partial charge in [-0.25, -0.2) is 17.2 Å². The van der Waals surface area contributed by atoms with Gasteiger partial charge in [0.05, 0.1) is 11.5 Å². The summed E-state index contributed by atoms with van der Waals surface area (Å²) in [6.45, 7) is 0.484. The van der Waals surface area contributed by atoms with Crippen molar-refractivity contribution in [2.45, 2.75) is 17.7 Å². The third kappa shape index (κ3) is 2.62. The van der Waals surface area contributed by atoms with Crippen molar-refractivity contribution >= 4 is 10.0 Å². The maximum Gasteiger partial charge on any atom is 0.265 e. The number of sulfonamides is 1. The predicted molar refractivity (Wildman–Crippen MR) is 55.4 cm³/mol. The molecule has 0 amide bonds. The molecule has 0 unspecified atom stereocenters. The molecule has 1 heterocycles. The van der Waals surface area contributed by atoms with Crippen LogP contribution < -0.4 is 0 Å². The molecule has 1 saturated heterocycles. The Bertz CT molecular complexity index is 492. The summed E-state index contributed by atoms with van der Waals surface area (Å²) in [7, 11) is -3.98. The number of benzene rings is 1. The topological polar surface area (TPSA) is 46.6 Å². The molecule has 17 heavy (non-hydrogen) atoms. The molecular weight excluding hydrogens is 252 g/mol. The molecule has 0 aromatic heterocycles. The summed E-state index contributed by atoms with van der Waals surface area (Å²) in [6.07, 6.45) is 1.43. The van der Waals surface area contributed by atoms with Crippen LogP contribution in [0.5, 0.6) is 0 Å². The molecule has 94 valence electrons. The minimum atomic E-state index is -3.98. The van der Waals surface area contributed by atoms with Crippen LogP contribution in [-0.2, 0) is 14.9 Å². The van der Waals surface area contributed by atoms with E-state index in [-0.39, 0.29) is 13.2 Å². The van der Waals surface area contributed by atoms with Crippen molar-refractivity contribution < 1.29 is 22.0 Å². The van der Waals surface area contributed by atoms with Crippen LogP contribution in [0.25, 0.3) is 0 Å². The van der Waals surface area contributed by atoms with Crippen molar-refractivity contribution in [1.29, 1.82) is 0 Å². The minimum absolute atomic E-state index is 0.195. The first-order valence-electron chi connectivity index (χ1n) is 5.12. The summed E-state index contributed by atoms with van der Waals surface area (Å²) in [5, 5.41) is 0. The number of hydrogen-bond acceptors (Lipinski definition) is 3. The van der Waals surface area contributed by atoms with E-state index >= 15 is 0 Å². The van der Waals surface area contributed by atoms with Crippen LogP contribution in [0.15, 0.2) is 23.1 Å². The Morgan fingerprint density at radius 1 is 1.12 bits per heavy atom. The molecule has 0 saturated carbocycles. The highest BCUT2D eigenvalue weighted by atomic mass is 32.2. The van der Waals surface area contributed by atoms with Gasteiger partial charge >= 0.3 is 0 Å². The van der Waals surface area contributed by atoms with Gasteiger partial charge in [0.25, 0.3) is 10.0 Å². The predicted octanol–water partition coefficient (Wildman–Crippen LogP) is 1.68. The first-order valence-corrected chi connectivity index (χ1v) is 6.56. The summed E-state index contributed by atoms with van der Waals surface area (Å²) in [4.78, 5) is 4.54. The van der Waals surface area contributed by atoms with Crippen molar-refractivity contribution in [1.82, 2.24) is 4.47 Å². The smallest absolute Gasteiger partial charge is 0.265 e. The van der Waals surface area contributed by atoms with E-state index in [2.05, 4.69) is 0 Å². The maximum atomic E-state index is 13.0. The van der Waals surface area contributed by atoms with E-state index in [0.29, 0.717) is 12.5 Å². The second-order valence-corrected chi connectivity index (χ2v) is 5.51. The van der Waals surface area contributed by atoms with Gasteiger partial charge in [-0.2, -0.15) is 0 Å². The van der Waals surface area contributed by atoms with E-state index in [1.165, 1.54) is 0 Å².